The molecule has 1 aromatic carbocycles. The Morgan fingerprint density at radius 2 is 1.89 bits per heavy atom. The van der Waals surface area contributed by atoms with Crippen molar-refractivity contribution in [2.45, 2.75) is 57.4 Å². The van der Waals surface area contributed by atoms with Gasteiger partial charge in [-0.1, -0.05) is 25.0 Å². The number of carbonyl (C=O) groups is 1. The van der Waals surface area contributed by atoms with Crippen LogP contribution >= 0.6 is 24.0 Å². The van der Waals surface area contributed by atoms with Gasteiger partial charge in [-0.25, -0.2) is 0 Å². The topological polar surface area (TPSA) is 74.8 Å². The molecule has 0 spiro atoms. The summed E-state index contributed by atoms with van der Waals surface area (Å²) in [6.45, 7) is 6.88. The van der Waals surface area contributed by atoms with Gasteiger partial charge in [0, 0.05) is 24.5 Å². The molecule has 1 aliphatic rings. The van der Waals surface area contributed by atoms with E-state index in [1.54, 1.807) is 14.2 Å². The first kappa shape index (κ1) is 24.5. The van der Waals surface area contributed by atoms with Gasteiger partial charge in [0.1, 0.15) is 5.75 Å². The van der Waals surface area contributed by atoms with Crippen molar-refractivity contribution in [3.63, 3.8) is 0 Å². The van der Waals surface area contributed by atoms with E-state index in [4.69, 9.17) is 4.74 Å². The molecular weight excluding hydrogens is 467 g/mol. The van der Waals surface area contributed by atoms with E-state index in [1.165, 1.54) is 18.4 Å². The molecule has 6 nitrogen and oxygen atoms in total. The lowest BCUT2D eigenvalue weighted by atomic mass is 9.78. The Morgan fingerprint density at radius 1 is 1.21 bits per heavy atom. The summed E-state index contributed by atoms with van der Waals surface area (Å²) in [5.41, 5.74) is 1.13. The molecule has 0 saturated heterocycles. The largest absolute Gasteiger partial charge is 0.497 e. The van der Waals surface area contributed by atoms with Crippen LogP contribution in [0.4, 0.5) is 0 Å². The van der Waals surface area contributed by atoms with Gasteiger partial charge in [0.25, 0.3) is 0 Å². The van der Waals surface area contributed by atoms with E-state index in [-0.39, 0.29) is 47.4 Å². The number of carbonyl (C=O) groups excluding carboxylic acids is 1. The van der Waals surface area contributed by atoms with E-state index < -0.39 is 0 Å². The second-order valence-corrected chi connectivity index (χ2v) is 8.30. The number of hydrogen-bond donors (Lipinski definition) is 3. The van der Waals surface area contributed by atoms with Crippen molar-refractivity contribution in [2.24, 2.45) is 4.99 Å². The van der Waals surface area contributed by atoms with Crippen LogP contribution in [0.25, 0.3) is 0 Å². The molecule has 0 unspecified atom stereocenters. The van der Waals surface area contributed by atoms with Crippen molar-refractivity contribution < 1.29 is 9.53 Å². The summed E-state index contributed by atoms with van der Waals surface area (Å²) in [5.74, 6) is 1.49. The lowest BCUT2D eigenvalue weighted by Gasteiger charge is -2.31. The van der Waals surface area contributed by atoms with Gasteiger partial charge < -0.3 is 20.7 Å². The van der Waals surface area contributed by atoms with Gasteiger partial charge >= 0.3 is 0 Å². The van der Waals surface area contributed by atoms with Gasteiger partial charge in [0.05, 0.1) is 13.7 Å². The SMILES string of the molecule is CN=C(NCC(=O)NC(C)(C)C)NCC1(c2cccc(OC)c2)CCCC1.I. The normalized spacial score (nSPS) is 16.1. The molecule has 1 aromatic rings. The van der Waals surface area contributed by atoms with Gasteiger partial charge in [-0.05, 0) is 51.3 Å². The van der Waals surface area contributed by atoms with Crippen molar-refractivity contribution >= 4 is 35.8 Å². The summed E-state index contributed by atoms with van der Waals surface area (Å²) in [4.78, 5) is 16.3. The number of amides is 1. The molecule has 7 heteroatoms. The van der Waals surface area contributed by atoms with Crippen LogP contribution in [0.15, 0.2) is 29.3 Å². The fraction of sp³-hybridized carbons (Fsp3) is 0.619. The second kappa shape index (κ2) is 10.9. The minimum atomic E-state index is -0.240. The van der Waals surface area contributed by atoms with Gasteiger partial charge in [0.15, 0.2) is 5.96 Å². The van der Waals surface area contributed by atoms with E-state index in [9.17, 15) is 4.79 Å². The molecule has 0 radical (unpaired) electrons. The Bertz CT molecular complexity index is 665. The Hall–Kier alpha value is -1.51. The Labute approximate surface area is 186 Å². The maximum Gasteiger partial charge on any atom is 0.239 e. The summed E-state index contributed by atoms with van der Waals surface area (Å²) >= 11 is 0. The zero-order valence-electron chi connectivity index (χ0n) is 17.7. The second-order valence-electron chi connectivity index (χ2n) is 8.30. The predicted molar refractivity (Wildman–Crippen MR) is 126 cm³/mol. The van der Waals surface area contributed by atoms with Crippen LogP contribution in [-0.4, -0.2) is 44.7 Å². The van der Waals surface area contributed by atoms with Gasteiger partial charge in [0.2, 0.25) is 5.91 Å². The smallest absolute Gasteiger partial charge is 0.239 e. The highest BCUT2D eigenvalue weighted by Gasteiger charge is 2.36. The molecule has 1 aliphatic carbocycles. The number of ether oxygens (including phenoxy) is 1. The highest BCUT2D eigenvalue weighted by Crippen LogP contribution is 2.41. The fourth-order valence-corrected chi connectivity index (χ4v) is 3.67. The molecule has 1 amide bonds. The molecule has 158 valence electrons. The van der Waals surface area contributed by atoms with Crippen LogP contribution in [0.2, 0.25) is 0 Å². The maximum absolute atomic E-state index is 12.0. The van der Waals surface area contributed by atoms with Gasteiger partial charge in [-0.3, -0.25) is 9.79 Å². The van der Waals surface area contributed by atoms with E-state index in [1.807, 2.05) is 26.8 Å². The standard InChI is InChI=1S/C21H34N4O2.HI/c1-20(2,3)25-18(26)14-23-19(22-4)24-15-21(11-6-7-12-21)16-9-8-10-17(13-16)27-5;/h8-10,13H,6-7,11-12,14-15H2,1-5H3,(H,25,26)(H2,22,23,24);1H. The minimum Gasteiger partial charge on any atom is -0.497 e. The zero-order valence-corrected chi connectivity index (χ0v) is 20.1. The quantitative estimate of drug-likeness (QED) is 0.318. The molecule has 3 N–H and O–H groups in total. The summed E-state index contributed by atoms with van der Waals surface area (Å²) in [7, 11) is 3.43. The molecule has 0 atom stereocenters. The number of nitrogens with zero attached hydrogens (tertiary/aromatic N) is 1. The third kappa shape index (κ3) is 7.14. The highest BCUT2D eigenvalue weighted by molar-refractivity contribution is 14.0. The third-order valence-corrected chi connectivity index (χ3v) is 4.99. The number of benzene rings is 1. The summed E-state index contributed by atoms with van der Waals surface area (Å²) in [6, 6.07) is 8.36. The number of hydrogen-bond acceptors (Lipinski definition) is 3. The van der Waals surface area contributed by atoms with Crippen LogP contribution in [-0.2, 0) is 10.2 Å². The Morgan fingerprint density at radius 3 is 2.46 bits per heavy atom. The minimum absolute atomic E-state index is 0. The van der Waals surface area contributed by atoms with E-state index in [2.05, 4.69) is 39.1 Å². The van der Waals surface area contributed by atoms with E-state index in [0.29, 0.717) is 5.96 Å². The fourth-order valence-electron chi connectivity index (χ4n) is 3.67. The highest BCUT2D eigenvalue weighted by atomic mass is 127. The number of methoxy groups -OCH3 is 1. The lowest BCUT2D eigenvalue weighted by Crippen LogP contribution is -2.50. The molecular formula is C21H35IN4O2. The molecule has 2 rings (SSSR count). The maximum atomic E-state index is 12.0. The van der Waals surface area contributed by atoms with Crippen molar-refractivity contribution in [1.82, 2.24) is 16.0 Å². The number of aliphatic imine (C=N–C) groups is 1. The molecule has 0 aromatic heterocycles. The summed E-state index contributed by atoms with van der Waals surface area (Å²) < 4.78 is 5.41. The predicted octanol–water partition coefficient (Wildman–Crippen LogP) is 3.20. The lowest BCUT2D eigenvalue weighted by molar-refractivity contribution is -0.121. The summed E-state index contributed by atoms with van der Waals surface area (Å²) in [6.07, 6.45) is 4.71. The van der Waals surface area contributed by atoms with Gasteiger partial charge in [-0.15, -0.1) is 24.0 Å². The van der Waals surface area contributed by atoms with E-state index >= 15 is 0 Å². The average molecular weight is 502 g/mol. The van der Waals surface area contributed by atoms with Crippen molar-refractivity contribution in [3.8, 4) is 5.75 Å². The Kier molecular flexibility index (Phi) is 9.53. The molecule has 1 fully saturated rings. The van der Waals surface area contributed by atoms with Crippen LogP contribution in [0.1, 0.15) is 52.0 Å². The molecule has 0 bridgehead atoms. The van der Waals surface area contributed by atoms with Gasteiger partial charge in [-0.2, -0.15) is 0 Å². The van der Waals surface area contributed by atoms with Crippen molar-refractivity contribution in [3.05, 3.63) is 29.8 Å². The molecule has 28 heavy (non-hydrogen) atoms. The van der Waals surface area contributed by atoms with Crippen molar-refractivity contribution in [2.75, 3.05) is 27.2 Å². The number of halogens is 1. The number of nitrogens with one attached hydrogen (secondary N) is 3. The van der Waals surface area contributed by atoms with Crippen LogP contribution in [0.3, 0.4) is 0 Å². The average Bonchev–Trinajstić information content (AvgIpc) is 3.10. The van der Waals surface area contributed by atoms with Crippen molar-refractivity contribution in [1.29, 1.82) is 0 Å². The van der Waals surface area contributed by atoms with Crippen LogP contribution in [0, 0.1) is 0 Å². The molecule has 0 aliphatic heterocycles. The zero-order chi connectivity index (χ0) is 19.9. The van der Waals surface area contributed by atoms with Crippen LogP contribution in [0.5, 0.6) is 5.75 Å². The number of rotatable bonds is 6. The summed E-state index contributed by atoms with van der Waals surface area (Å²) in [5, 5.41) is 9.48. The molecule has 0 heterocycles. The van der Waals surface area contributed by atoms with Crippen LogP contribution < -0.4 is 20.7 Å². The monoisotopic (exact) mass is 502 g/mol. The molecule has 1 saturated carbocycles. The third-order valence-electron chi connectivity index (χ3n) is 4.99. The first-order valence-electron chi connectivity index (χ1n) is 9.68. The van der Waals surface area contributed by atoms with E-state index in [0.717, 1.165) is 25.1 Å². The first-order valence-corrected chi connectivity index (χ1v) is 9.68. The Balaban J connectivity index is 0.00000392. The number of guanidine groups is 1. The first-order chi connectivity index (χ1) is 12.8.